The fourth-order valence-corrected chi connectivity index (χ4v) is 3.73. The van der Waals surface area contributed by atoms with E-state index >= 15 is 0 Å². The molecule has 1 aromatic heterocycles. The maximum atomic E-state index is 13.2. The Hall–Kier alpha value is -2.60. The quantitative estimate of drug-likeness (QED) is 0.628. The zero-order chi connectivity index (χ0) is 20.7. The van der Waals surface area contributed by atoms with Gasteiger partial charge in [0.25, 0.3) is 11.8 Å². The van der Waals surface area contributed by atoms with Crippen LogP contribution in [0.4, 0.5) is 0 Å². The maximum absolute atomic E-state index is 13.2. The second kappa shape index (κ2) is 7.09. The van der Waals surface area contributed by atoms with Crippen LogP contribution in [-0.2, 0) is 18.5 Å². The van der Waals surface area contributed by atoms with Crippen LogP contribution in [0, 0.1) is 5.41 Å². The summed E-state index contributed by atoms with van der Waals surface area (Å²) >= 11 is 0. The van der Waals surface area contributed by atoms with Gasteiger partial charge in [-0.2, -0.15) is 0 Å². The van der Waals surface area contributed by atoms with Crippen molar-refractivity contribution in [1.29, 1.82) is 0 Å². The monoisotopic (exact) mass is 383 g/mol. The summed E-state index contributed by atoms with van der Waals surface area (Å²) in [4.78, 5) is 26.8. The van der Waals surface area contributed by atoms with Crippen LogP contribution < -0.4 is 5.48 Å². The molecule has 1 aromatic carbocycles. The molecule has 2 aromatic rings. The topological polar surface area (TPSA) is 74.6 Å². The molecule has 6 heteroatoms. The maximum Gasteiger partial charge on any atom is 0.276 e. The Morgan fingerprint density at radius 3 is 2.39 bits per heavy atom. The van der Waals surface area contributed by atoms with E-state index in [1.807, 2.05) is 9.47 Å². The minimum Gasteiger partial charge on any atom is -0.342 e. The van der Waals surface area contributed by atoms with Gasteiger partial charge in [-0.3, -0.25) is 14.8 Å². The van der Waals surface area contributed by atoms with Crippen LogP contribution in [0.3, 0.4) is 0 Å². The SMILES string of the molecule is CC1(C)CN(Cc2ccc(C(C)(C)C)cc2)C(=O)c2cc(C(=O)NO)cn2C1. The molecule has 0 spiro atoms. The van der Waals surface area contributed by atoms with Crippen LogP contribution >= 0.6 is 0 Å². The van der Waals surface area contributed by atoms with Crippen molar-refractivity contribution >= 4 is 11.8 Å². The molecule has 6 nitrogen and oxygen atoms in total. The molecule has 0 radical (unpaired) electrons. The molecule has 0 aliphatic carbocycles. The Morgan fingerprint density at radius 1 is 1.18 bits per heavy atom. The lowest BCUT2D eigenvalue weighted by Crippen LogP contribution is -2.36. The fourth-order valence-electron chi connectivity index (χ4n) is 3.73. The van der Waals surface area contributed by atoms with E-state index in [2.05, 4.69) is 58.9 Å². The molecule has 0 saturated heterocycles. The van der Waals surface area contributed by atoms with Crippen molar-refractivity contribution in [3.8, 4) is 0 Å². The first-order valence-electron chi connectivity index (χ1n) is 9.53. The van der Waals surface area contributed by atoms with E-state index < -0.39 is 5.91 Å². The van der Waals surface area contributed by atoms with Crippen molar-refractivity contribution in [2.24, 2.45) is 5.41 Å². The summed E-state index contributed by atoms with van der Waals surface area (Å²) in [6, 6.07) is 9.94. The van der Waals surface area contributed by atoms with Crippen molar-refractivity contribution < 1.29 is 14.8 Å². The van der Waals surface area contributed by atoms with Crippen molar-refractivity contribution in [3.05, 3.63) is 58.9 Å². The normalized spacial score (nSPS) is 16.5. The number of hydrogen-bond acceptors (Lipinski definition) is 3. The minimum atomic E-state index is -0.615. The van der Waals surface area contributed by atoms with Gasteiger partial charge in [-0.15, -0.1) is 0 Å². The molecule has 28 heavy (non-hydrogen) atoms. The third-order valence-electron chi connectivity index (χ3n) is 5.18. The first kappa shape index (κ1) is 20.1. The number of carbonyl (C=O) groups excluding carboxylic acids is 2. The van der Waals surface area contributed by atoms with Gasteiger partial charge in [0.05, 0.1) is 5.56 Å². The van der Waals surface area contributed by atoms with Gasteiger partial charge in [-0.25, -0.2) is 5.48 Å². The third kappa shape index (κ3) is 4.12. The lowest BCUT2D eigenvalue weighted by molar-refractivity contribution is 0.0687. The Bertz CT molecular complexity index is 889. The van der Waals surface area contributed by atoms with Crippen LogP contribution in [0.25, 0.3) is 0 Å². The van der Waals surface area contributed by atoms with Gasteiger partial charge in [0.2, 0.25) is 0 Å². The second-order valence-electron chi connectivity index (χ2n) is 9.46. The summed E-state index contributed by atoms with van der Waals surface area (Å²) in [5.41, 5.74) is 4.64. The molecule has 1 aliphatic rings. The van der Waals surface area contributed by atoms with Crippen molar-refractivity contribution in [1.82, 2.24) is 14.9 Å². The molecule has 2 heterocycles. The first-order valence-corrected chi connectivity index (χ1v) is 9.53. The standard InChI is InChI=1S/C22H29N3O3/c1-21(2,3)17-8-6-15(7-9-17)11-25-14-22(4,5)13-24-12-16(19(26)23-28)10-18(24)20(25)27/h6-10,12,28H,11,13-14H2,1-5H3,(H,23,26). The molecule has 150 valence electrons. The van der Waals surface area contributed by atoms with Crippen molar-refractivity contribution in [2.45, 2.75) is 53.1 Å². The van der Waals surface area contributed by atoms with E-state index in [0.717, 1.165) is 5.56 Å². The minimum absolute atomic E-state index is 0.0868. The van der Waals surface area contributed by atoms with Crippen LogP contribution in [0.15, 0.2) is 36.5 Å². The molecule has 1 aliphatic heterocycles. The van der Waals surface area contributed by atoms with Gasteiger partial charge in [0.15, 0.2) is 0 Å². The number of nitrogens with zero attached hydrogens (tertiary/aromatic N) is 2. The summed E-state index contributed by atoms with van der Waals surface area (Å²) in [7, 11) is 0. The first-order chi connectivity index (χ1) is 13.0. The zero-order valence-electron chi connectivity index (χ0n) is 17.2. The van der Waals surface area contributed by atoms with Gasteiger partial charge in [-0.05, 0) is 22.6 Å². The van der Waals surface area contributed by atoms with Crippen LogP contribution in [0.5, 0.6) is 0 Å². The Balaban J connectivity index is 1.90. The van der Waals surface area contributed by atoms with Gasteiger partial charge >= 0.3 is 0 Å². The summed E-state index contributed by atoms with van der Waals surface area (Å²) in [6.45, 7) is 12.5. The fraction of sp³-hybridized carbons (Fsp3) is 0.455. The summed E-state index contributed by atoms with van der Waals surface area (Å²) in [5.74, 6) is -0.724. The van der Waals surface area contributed by atoms with Crippen molar-refractivity contribution in [2.75, 3.05) is 6.54 Å². The summed E-state index contributed by atoms with van der Waals surface area (Å²) in [5, 5.41) is 8.90. The van der Waals surface area contributed by atoms with E-state index in [1.165, 1.54) is 5.56 Å². The van der Waals surface area contributed by atoms with Crippen LogP contribution in [0.2, 0.25) is 0 Å². The number of hydrogen-bond donors (Lipinski definition) is 2. The smallest absolute Gasteiger partial charge is 0.276 e. The van der Waals surface area contributed by atoms with Crippen LogP contribution in [0.1, 0.15) is 66.6 Å². The van der Waals surface area contributed by atoms with E-state index in [4.69, 9.17) is 5.21 Å². The lowest BCUT2D eigenvalue weighted by Gasteiger charge is -2.29. The average molecular weight is 383 g/mol. The predicted octanol–water partition coefficient (Wildman–Crippen LogP) is 3.59. The highest BCUT2D eigenvalue weighted by Crippen LogP contribution is 2.29. The van der Waals surface area contributed by atoms with E-state index in [-0.39, 0.29) is 22.3 Å². The molecule has 0 unspecified atom stereocenters. The molecule has 0 saturated carbocycles. The highest BCUT2D eigenvalue weighted by atomic mass is 16.5. The zero-order valence-corrected chi connectivity index (χ0v) is 17.2. The van der Waals surface area contributed by atoms with E-state index in [1.54, 1.807) is 17.7 Å². The van der Waals surface area contributed by atoms with E-state index in [9.17, 15) is 9.59 Å². The second-order valence-corrected chi connectivity index (χ2v) is 9.46. The Kier molecular flexibility index (Phi) is 5.10. The van der Waals surface area contributed by atoms with Crippen molar-refractivity contribution in [3.63, 3.8) is 0 Å². The molecule has 0 fully saturated rings. The number of hydroxylamine groups is 1. The molecule has 0 bridgehead atoms. The number of nitrogens with one attached hydrogen (secondary N) is 1. The largest absolute Gasteiger partial charge is 0.342 e. The average Bonchev–Trinajstić information content (AvgIpc) is 2.98. The van der Waals surface area contributed by atoms with E-state index in [0.29, 0.717) is 25.3 Å². The molecule has 2 amide bonds. The molecule has 0 atom stereocenters. The number of fused-ring (bicyclic) bond motifs is 1. The summed E-state index contributed by atoms with van der Waals surface area (Å²) < 4.78 is 1.82. The number of benzene rings is 1. The van der Waals surface area contributed by atoms with Crippen LogP contribution in [-0.4, -0.2) is 33.0 Å². The Morgan fingerprint density at radius 2 is 1.82 bits per heavy atom. The van der Waals surface area contributed by atoms with Gasteiger partial charge < -0.3 is 9.47 Å². The molecule has 3 rings (SSSR count). The molecular weight excluding hydrogens is 354 g/mol. The van der Waals surface area contributed by atoms with Gasteiger partial charge in [-0.1, -0.05) is 58.9 Å². The lowest BCUT2D eigenvalue weighted by atomic mass is 9.86. The predicted molar refractivity (Wildman–Crippen MR) is 107 cm³/mol. The molecular formula is C22H29N3O3. The highest BCUT2D eigenvalue weighted by molar-refractivity contribution is 5.99. The number of amides is 2. The number of rotatable bonds is 3. The summed E-state index contributed by atoms with van der Waals surface area (Å²) in [6.07, 6.45) is 1.63. The third-order valence-corrected chi connectivity index (χ3v) is 5.18. The highest BCUT2D eigenvalue weighted by Gasteiger charge is 2.33. The Labute approximate surface area is 166 Å². The molecule has 2 N–H and O–H groups in total. The number of carbonyl (C=O) groups is 2. The van der Waals surface area contributed by atoms with Gasteiger partial charge in [0, 0.05) is 31.2 Å². The van der Waals surface area contributed by atoms with Gasteiger partial charge in [0.1, 0.15) is 5.69 Å². The number of aromatic nitrogens is 1.